The van der Waals surface area contributed by atoms with Crippen molar-refractivity contribution in [3.63, 3.8) is 0 Å². The van der Waals surface area contributed by atoms with Crippen LogP contribution in [0, 0.1) is 5.82 Å². The molecule has 0 unspecified atom stereocenters. The first-order chi connectivity index (χ1) is 9.52. The number of aliphatic carboxylic acids is 1. The van der Waals surface area contributed by atoms with Crippen molar-refractivity contribution in [1.29, 1.82) is 0 Å². The number of amides is 1. The Bertz CT molecular complexity index is 452. The van der Waals surface area contributed by atoms with Gasteiger partial charge in [-0.15, -0.1) is 11.8 Å². The number of carbonyl (C=O) groups is 2. The molecule has 0 aromatic heterocycles. The highest BCUT2D eigenvalue weighted by Crippen LogP contribution is 2.12. The normalized spacial score (nSPS) is 11.9. The Balaban J connectivity index is 2.32. The van der Waals surface area contributed by atoms with Gasteiger partial charge in [-0.05, 0) is 17.7 Å². The van der Waals surface area contributed by atoms with Gasteiger partial charge >= 0.3 is 5.97 Å². The highest BCUT2D eigenvalue weighted by Gasteiger charge is 2.18. The number of rotatable bonds is 8. The number of thioether (sulfide) groups is 1. The van der Waals surface area contributed by atoms with Crippen molar-refractivity contribution in [2.45, 2.75) is 18.2 Å². The fourth-order valence-electron chi connectivity index (χ4n) is 1.46. The van der Waals surface area contributed by atoms with Gasteiger partial charge in [0.1, 0.15) is 11.9 Å². The smallest absolute Gasteiger partial charge is 0.326 e. The van der Waals surface area contributed by atoms with Gasteiger partial charge in [-0.1, -0.05) is 12.1 Å². The Hall–Kier alpha value is -1.60. The van der Waals surface area contributed by atoms with E-state index in [-0.39, 0.29) is 24.6 Å². The number of halogens is 1. The van der Waals surface area contributed by atoms with Crippen molar-refractivity contribution in [1.82, 2.24) is 5.32 Å². The summed E-state index contributed by atoms with van der Waals surface area (Å²) in [5, 5.41) is 19.8. The van der Waals surface area contributed by atoms with Gasteiger partial charge in [-0.25, -0.2) is 9.18 Å². The van der Waals surface area contributed by atoms with Crippen molar-refractivity contribution in [2.75, 3.05) is 12.4 Å². The maximum absolute atomic E-state index is 12.7. The molecule has 0 fully saturated rings. The lowest BCUT2D eigenvalue weighted by Gasteiger charge is -2.12. The molecular formula is C13H16FNO4S. The van der Waals surface area contributed by atoms with E-state index in [1.165, 1.54) is 23.9 Å². The van der Waals surface area contributed by atoms with Crippen molar-refractivity contribution >= 4 is 23.6 Å². The monoisotopic (exact) mass is 301 g/mol. The molecule has 20 heavy (non-hydrogen) atoms. The maximum atomic E-state index is 12.7. The molecule has 1 rings (SSSR count). The van der Waals surface area contributed by atoms with Crippen LogP contribution >= 0.6 is 11.8 Å². The number of carboxylic acids is 1. The molecule has 0 saturated carbocycles. The maximum Gasteiger partial charge on any atom is 0.326 e. The van der Waals surface area contributed by atoms with Crippen LogP contribution in [0.1, 0.15) is 12.0 Å². The van der Waals surface area contributed by atoms with E-state index in [4.69, 9.17) is 10.2 Å². The topological polar surface area (TPSA) is 86.6 Å². The molecule has 0 spiro atoms. The van der Waals surface area contributed by atoms with Gasteiger partial charge in [0.15, 0.2) is 0 Å². The number of nitrogens with one attached hydrogen (secondary N) is 1. The number of benzene rings is 1. The molecule has 0 aliphatic rings. The van der Waals surface area contributed by atoms with Gasteiger partial charge in [0, 0.05) is 18.8 Å². The highest BCUT2D eigenvalue weighted by atomic mass is 32.2. The van der Waals surface area contributed by atoms with Gasteiger partial charge < -0.3 is 15.5 Å². The Labute approximate surface area is 120 Å². The number of aliphatic hydroxyl groups is 1. The minimum Gasteiger partial charge on any atom is -0.480 e. The van der Waals surface area contributed by atoms with Crippen LogP contribution in [-0.2, 0) is 15.3 Å². The molecule has 0 aliphatic carbocycles. The number of carbonyl (C=O) groups excluding carboxylic acids is 1. The lowest BCUT2D eigenvalue weighted by molar-refractivity contribution is -0.141. The second-order valence-electron chi connectivity index (χ2n) is 4.09. The largest absolute Gasteiger partial charge is 0.480 e. The van der Waals surface area contributed by atoms with Crippen LogP contribution in [0.2, 0.25) is 0 Å². The van der Waals surface area contributed by atoms with E-state index in [1.54, 1.807) is 12.1 Å². The standard InChI is InChI=1S/C13H16FNO4S/c14-10-3-1-9(2-4-10)7-20-8-12(17)15-11(5-6-16)13(18)19/h1-4,11,16H,5-8H2,(H,15,17)(H,18,19)/t11-/m0/s1. The molecule has 0 aliphatic heterocycles. The third-order valence-electron chi connectivity index (χ3n) is 2.47. The van der Waals surface area contributed by atoms with Crippen LogP contribution in [0.25, 0.3) is 0 Å². The number of hydrogen-bond acceptors (Lipinski definition) is 4. The zero-order valence-corrected chi connectivity index (χ0v) is 11.5. The minimum atomic E-state index is -1.17. The van der Waals surface area contributed by atoms with Crippen LogP contribution in [0.5, 0.6) is 0 Å². The van der Waals surface area contributed by atoms with E-state index >= 15 is 0 Å². The molecule has 1 aromatic carbocycles. The second-order valence-corrected chi connectivity index (χ2v) is 5.08. The molecule has 0 saturated heterocycles. The van der Waals surface area contributed by atoms with Crippen LogP contribution < -0.4 is 5.32 Å². The summed E-state index contributed by atoms with van der Waals surface area (Å²) in [6.07, 6.45) is -0.0241. The zero-order valence-electron chi connectivity index (χ0n) is 10.7. The number of aliphatic hydroxyl groups excluding tert-OH is 1. The molecular weight excluding hydrogens is 285 g/mol. The van der Waals surface area contributed by atoms with E-state index < -0.39 is 17.9 Å². The van der Waals surface area contributed by atoms with Crippen molar-refractivity contribution in [3.05, 3.63) is 35.6 Å². The molecule has 0 bridgehead atoms. The average molecular weight is 301 g/mol. The SMILES string of the molecule is O=C(CSCc1ccc(F)cc1)N[C@@H](CCO)C(=O)O. The predicted molar refractivity (Wildman–Crippen MR) is 73.8 cm³/mol. The lowest BCUT2D eigenvalue weighted by atomic mass is 10.2. The van der Waals surface area contributed by atoms with Crippen LogP contribution in [-0.4, -0.2) is 40.5 Å². The summed E-state index contributed by atoms with van der Waals surface area (Å²) in [5.74, 6) is -1.25. The summed E-state index contributed by atoms with van der Waals surface area (Å²) in [7, 11) is 0. The second kappa shape index (κ2) is 8.55. The summed E-state index contributed by atoms with van der Waals surface area (Å²) in [6, 6.07) is 4.88. The Kier molecular flexibility index (Phi) is 7.03. The Morgan fingerprint density at radius 1 is 1.30 bits per heavy atom. The molecule has 1 amide bonds. The van der Waals surface area contributed by atoms with Gasteiger partial charge in [-0.2, -0.15) is 0 Å². The first-order valence-electron chi connectivity index (χ1n) is 5.98. The van der Waals surface area contributed by atoms with E-state index in [0.717, 1.165) is 5.56 Å². The molecule has 0 heterocycles. The van der Waals surface area contributed by atoms with Gasteiger partial charge in [0.2, 0.25) is 5.91 Å². The fourth-order valence-corrected chi connectivity index (χ4v) is 2.26. The van der Waals surface area contributed by atoms with E-state index in [0.29, 0.717) is 5.75 Å². The third kappa shape index (κ3) is 6.03. The van der Waals surface area contributed by atoms with Crippen molar-refractivity contribution < 1.29 is 24.2 Å². The number of carboxylic acid groups (broad SMARTS) is 1. The van der Waals surface area contributed by atoms with Crippen LogP contribution in [0.4, 0.5) is 4.39 Å². The average Bonchev–Trinajstić information content (AvgIpc) is 2.40. The highest BCUT2D eigenvalue weighted by molar-refractivity contribution is 7.99. The molecule has 0 radical (unpaired) electrons. The third-order valence-corrected chi connectivity index (χ3v) is 3.47. The van der Waals surface area contributed by atoms with E-state index in [2.05, 4.69) is 5.32 Å². The Morgan fingerprint density at radius 3 is 2.50 bits per heavy atom. The summed E-state index contributed by atoms with van der Waals surface area (Å²) in [4.78, 5) is 22.3. The van der Waals surface area contributed by atoms with Gasteiger partial charge in [-0.3, -0.25) is 4.79 Å². The van der Waals surface area contributed by atoms with Crippen LogP contribution in [0.15, 0.2) is 24.3 Å². The number of hydrogen-bond donors (Lipinski definition) is 3. The predicted octanol–water partition coefficient (Wildman–Crippen LogP) is 1.01. The first kappa shape index (κ1) is 16.5. The van der Waals surface area contributed by atoms with E-state index in [9.17, 15) is 14.0 Å². The summed E-state index contributed by atoms with van der Waals surface area (Å²) < 4.78 is 12.7. The Morgan fingerprint density at radius 2 is 1.95 bits per heavy atom. The molecule has 1 aromatic rings. The van der Waals surface area contributed by atoms with Crippen molar-refractivity contribution in [3.8, 4) is 0 Å². The fraction of sp³-hybridized carbons (Fsp3) is 0.385. The molecule has 7 heteroatoms. The summed E-state index contributed by atoms with van der Waals surface area (Å²) in [5.41, 5.74) is 0.884. The van der Waals surface area contributed by atoms with E-state index in [1.807, 2.05) is 0 Å². The van der Waals surface area contributed by atoms with Crippen molar-refractivity contribution in [2.24, 2.45) is 0 Å². The zero-order chi connectivity index (χ0) is 15.0. The van der Waals surface area contributed by atoms with Crippen LogP contribution in [0.3, 0.4) is 0 Å². The van der Waals surface area contributed by atoms with Gasteiger partial charge in [0.05, 0.1) is 5.75 Å². The quantitative estimate of drug-likeness (QED) is 0.667. The molecule has 1 atom stereocenters. The molecule has 3 N–H and O–H groups in total. The minimum absolute atomic E-state index is 0.0241. The van der Waals surface area contributed by atoms with Gasteiger partial charge in [0.25, 0.3) is 0 Å². The molecule has 5 nitrogen and oxygen atoms in total. The molecule has 110 valence electrons. The lowest BCUT2D eigenvalue weighted by Crippen LogP contribution is -2.42. The summed E-state index contributed by atoms with van der Waals surface area (Å²) in [6.45, 7) is -0.306. The summed E-state index contributed by atoms with van der Waals surface area (Å²) >= 11 is 1.30. The first-order valence-corrected chi connectivity index (χ1v) is 7.13.